The molecule has 3 heterocycles. The van der Waals surface area contributed by atoms with Crippen molar-refractivity contribution in [1.29, 1.82) is 0 Å². The van der Waals surface area contributed by atoms with Crippen molar-refractivity contribution in [2.45, 2.75) is 116 Å². The zero-order valence-electron chi connectivity index (χ0n) is 29.2. The van der Waals surface area contributed by atoms with Crippen LogP contribution in [0.2, 0.25) is 0 Å². The highest BCUT2D eigenvalue weighted by Crippen LogP contribution is 2.59. The Balaban J connectivity index is 2.02. The third-order valence-electron chi connectivity index (χ3n) is 9.79. The van der Waals surface area contributed by atoms with Gasteiger partial charge in [-0.05, 0) is 56.7 Å². The Labute approximate surface area is 287 Å². The molecule has 1 saturated carbocycles. The fourth-order valence-electron chi connectivity index (χ4n) is 7.90. The average Bonchev–Trinajstić information content (AvgIpc) is 3.34. The lowest BCUT2D eigenvalue weighted by Gasteiger charge is -2.46. The van der Waals surface area contributed by atoms with Gasteiger partial charge < -0.3 is 24.2 Å². The maximum Gasteiger partial charge on any atom is 0.417 e. The SMILES string of the molecule is CC[C@@]1(C(=O)O)[C@@H](C(C)(C)C)[C@H](OCc2cc(C(F)(F)F)cnc2OC)[C@H](c2cccnc2OC(C)C)N1C(=O)[C@H]1CCCC[C@@H]1C(F)(F)F. The monoisotopic (exact) mass is 717 g/mol. The first-order valence-electron chi connectivity index (χ1n) is 16.7. The first-order valence-corrected chi connectivity index (χ1v) is 16.7. The number of amides is 1. The smallest absolute Gasteiger partial charge is 0.417 e. The molecule has 1 amide bonds. The number of nitrogens with zero attached hydrogens (tertiary/aromatic N) is 3. The molecule has 2 aromatic rings. The van der Waals surface area contributed by atoms with E-state index >= 15 is 0 Å². The minimum Gasteiger partial charge on any atom is -0.481 e. The lowest BCUT2D eigenvalue weighted by Crippen LogP contribution is -2.61. The zero-order chi connectivity index (χ0) is 37.4. The minimum absolute atomic E-state index is 0.0122. The molecule has 0 unspecified atom stereocenters. The molecular weight excluding hydrogens is 672 g/mol. The number of carboxylic acid groups (broad SMARTS) is 1. The van der Waals surface area contributed by atoms with E-state index in [1.165, 1.54) is 19.4 Å². The van der Waals surface area contributed by atoms with Gasteiger partial charge in [0.05, 0.1) is 43.4 Å². The van der Waals surface area contributed by atoms with Crippen molar-refractivity contribution in [3.05, 3.63) is 47.3 Å². The third kappa shape index (κ3) is 7.52. The molecule has 1 saturated heterocycles. The van der Waals surface area contributed by atoms with Crippen LogP contribution in [-0.2, 0) is 27.1 Å². The molecule has 0 radical (unpaired) electrons. The summed E-state index contributed by atoms with van der Waals surface area (Å²) in [6.45, 7) is 9.61. The molecule has 278 valence electrons. The number of aliphatic carboxylic acids is 1. The highest BCUT2D eigenvalue weighted by atomic mass is 19.4. The van der Waals surface area contributed by atoms with E-state index in [4.69, 9.17) is 14.2 Å². The first kappa shape index (κ1) is 39.2. The fraction of sp³-hybridized carbons (Fsp3) is 0.657. The Morgan fingerprint density at radius 1 is 1.06 bits per heavy atom. The van der Waals surface area contributed by atoms with Gasteiger partial charge in [-0.1, -0.05) is 40.5 Å². The number of carbonyl (C=O) groups is 2. The van der Waals surface area contributed by atoms with Gasteiger partial charge in [-0.25, -0.2) is 14.8 Å². The Morgan fingerprint density at radius 3 is 2.26 bits per heavy atom. The van der Waals surface area contributed by atoms with Crippen LogP contribution in [0.1, 0.15) is 96.4 Å². The van der Waals surface area contributed by atoms with E-state index in [2.05, 4.69) is 9.97 Å². The molecule has 6 atom stereocenters. The molecule has 2 aromatic heterocycles. The highest BCUT2D eigenvalue weighted by molar-refractivity contribution is 5.90. The number of likely N-dealkylation sites (tertiary alicyclic amines) is 1. The van der Waals surface area contributed by atoms with Crippen LogP contribution >= 0.6 is 0 Å². The van der Waals surface area contributed by atoms with Crippen molar-refractivity contribution in [3.63, 3.8) is 0 Å². The van der Waals surface area contributed by atoms with E-state index in [0.717, 1.165) is 11.0 Å². The van der Waals surface area contributed by atoms with Crippen molar-refractivity contribution in [1.82, 2.24) is 14.9 Å². The minimum atomic E-state index is -4.75. The number of aromatic nitrogens is 2. The van der Waals surface area contributed by atoms with Crippen molar-refractivity contribution in [3.8, 4) is 11.8 Å². The van der Waals surface area contributed by atoms with Crippen LogP contribution in [-0.4, -0.2) is 62.9 Å². The predicted molar refractivity (Wildman–Crippen MR) is 169 cm³/mol. The lowest BCUT2D eigenvalue weighted by molar-refractivity contribution is -0.204. The predicted octanol–water partition coefficient (Wildman–Crippen LogP) is 8.02. The van der Waals surface area contributed by atoms with Crippen LogP contribution in [0.5, 0.6) is 11.8 Å². The summed E-state index contributed by atoms with van der Waals surface area (Å²) in [5.41, 5.74) is -4.09. The first-order chi connectivity index (χ1) is 23.2. The molecule has 0 aromatic carbocycles. The Bertz CT molecular complexity index is 1530. The fourth-order valence-corrected chi connectivity index (χ4v) is 7.90. The molecule has 0 spiro atoms. The van der Waals surface area contributed by atoms with Crippen LogP contribution in [0, 0.1) is 23.2 Å². The second-order valence-corrected chi connectivity index (χ2v) is 14.3. The van der Waals surface area contributed by atoms with Crippen molar-refractivity contribution < 1.29 is 55.2 Å². The van der Waals surface area contributed by atoms with E-state index in [0.29, 0.717) is 12.6 Å². The molecule has 1 aliphatic heterocycles. The standard InChI is InChI=1S/C35H45F6N3O6/c1-8-33(31(46)47)27(32(4,5)6)26(49-18-20-16-21(34(36,37)38)17-43-28(20)48-7)25(23-13-11-15-42-29(23)50-19(2)3)44(33)30(45)22-12-9-10-14-24(22)35(39,40)41/h11,13,15-17,19,22,24-27H,8-10,12,14,18H2,1-7H3,(H,46,47)/t22-,24-,25-,26+,27+,33-/m0/s1. The molecule has 2 fully saturated rings. The summed E-state index contributed by atoms with van der Waals surface area (Å²) in [6.07, 6.45) is -9.20. The summed E-state index contributed by atoms with van der Waals surface area (Å²) in [4.78, 5) is 37.8. The number of ether oxygens (including phenoxy) is 3. The molecule has 50 heavy (non-hydrogen) atoms. The summed E-state index contributed by atoms with van der Waals surface area (Å²) in [5, 5.41) is 11.2. The number of hydrogen-bond acceptors (Lipinski definition) is 7. The number of alkyl halides is 6. The Morgan fingerprint density at radius 2 is 1.72 bits per heavy atom. The van der Waals surface area contributed by atoms with Gasteiger partial charge in [0.2, 0.25) is 17.7 Å². The van der Waals surface area contributed by atoms with Crippen molar-refractivity contribution in [2.75, 3.05) is 7.11 Å². The molecule has 1 N–H and O–H groups in total. The Hall–Kier alpha value is -3.62. The number of methoxy groups -OCH3 is 1. The third-order valence-corrected chi connectivity index (χ3v) is 9.79. The van der Waals surface area contributed by atoms with Gasteiger partial charge in [0.25, 0.3) is 0 Å². The maximum absolute atomic E-state index is 14.9. The van der Waals surface area contributed by atoms with E-state index in [9.17, 15) is 41.0 Å². The average molecular weight is 718 g/mol. The number of pyridine rings is 2. The number of carboxylic acids is 1. The van der Waals surface area contributed by atoms with E-state index in [1.807, 2.05) is 0 Å². The second-order valence-electron chi connectivity index (χ2n) is 14.3. The van der Waals surface area contributed by atoms with Crippen LogP contribution in [0.4, 0.5) is 26.3 Å². The second kappa shape index (κ2) is 14.5. The van der Waals surface area contributed by atoms with Gasteiger partial charge in [0.15, 0.2) is 0 Å². The molecule has 15 heteroatoms. The molecule has 2 aliphatic rings. The molecule has 4 rings (SSSR count). The number of halogens is 6. The maximum atomic E-state index is 14.9. The molecule has 1 aliphatic carbocycles. The molecular formula is C35H45F6N3O6. The molecule has 0 bridgehead atoms. The van der Waals surface area contributed by atoms with Crippen LogP contribution in [0.3, 0.4) is 0 Å². The Kier molecular flexibility index (Phi) is 11.4. The number of hydrogen-bond donors (Lipinski definition) is 1. The van der Waals surface area contributed by atoms with E-state index in [1.54, 1.807) is 47.6 Å². The van der Waals surface area contributed by atoms with Crippen molar-refractivity contribution in [2.24, 2.45) is 23.2 Å². The topological polar surface area (TPSA) is 111 Å². The summed E-state index contributed by atoms with van der Waals surface area (Å²) in [6, 6.07) is 2.52. The van der Waals surface area contributed by atoms with Gasteiger partial charge in [0.1, 0.15) is 5.54 Å². The van der Waals surface area contributed by atoms with Gasteiger partial charge in [-0.3, -0.25) is 4.79 Å². The van der Waals surface area contributed by atoms with Crippen LogP contribution in [0.25, 0.3) is 0 Å². The normalized spacial score (nSPS) is 26.3. The quantitative estimate of drug-likeness (QED) is 0.246. The summed E-state index contributed by atoms with van der Waals surface area (Å²) < 4.78 is 102. The van der Waals surface area contributed by atoms with E-state index < -0.39 is 83.4 Å². The van der Waals surface area contributed by atoms with Crippen LogP contribution in [0.15, 0.2) is 30.6 Å². The van der Waals surface area contributed by atoms with Crippen LogP contribution < -0.4 is 9.47 Å². The van der Waals surface area contributed by atoms with Gasteiger partial charge in [-0.15, -0.1) is 0 Å². The highest BCUT2D eigenvalue weighted by Gasteiger charge is 2.69. The van der Waals surface area contributed by atoms with Gasteiger partial charge in [-0.2, -0.15) is 26.3 Å². The largest absolute Gasteiger partial charge is 0.481 e. The molecule has 9 nitrogen and oxygen atoms in total. The zero-order valence-corrected chi connectivity index (χ0v) is 29.2. The summed E-state index contributed by atoms with van der Waals surface area (Å²) in [5.74, 6) is -7.27. The number of rotatable bonds is 10. The summed E-state index contributed by atoms with van der Waals surface area (Å²) in [7, 11) is 1.22. The van der Waals surface area contributed by atoms with E-state index in [-0.39, 0.29) is 48.6 Å². The van der Waals surface area contributed by atoms with Crippen molar-refractivity contribution >= 4 is 11.9 Å². The summed E-state index contributed by atoms with van der Waals surface area (Å²) >= 11 is 0. The number of carbonyl (C=O) groups excluding carboxylic acids is 1. The lowest BCUT2D eigenvalue weighted by atomic mass is 9.66. The van der Waals surface area contributed by atoms with Gasteiger partial charge >= 0.3 is 18.3 Å². The van der Waals surface area contributed by atoms with Gasteiger partial charge in [0, 0.05) is 35.4 Å².